The standard InChI is InChI=1S/C7H12N2O3/c1-8-7(11)4-12-6-2-9(3-6)5-10/h5-6H,2-4H2,1H3,(H,8,11). The third kappa shape index (κ3) is 2.20. The number of carbonyl (C=O) groups excluding carboxylic acids is 2. The number of nitrogens with zero attached hydrogens (tertiary/aromatic N) is 1. The summed E-state index contributed by atoms with van der Waals surface area (Å²) >= 11 is 0. The summed E-state index contributed by atoms with van der Waals surface area (Å²) < 4.78 is 5.15. The van der Waals surface area contributed by atoms with Crippen LogP contribution in [0.25, 0.3) is 0 Å². The van der Waals surface area contributed by atoms with Crippen molar-refractivity contribution in [3.8, 4) is 0 Å². The molecule has 68 valence electrons. The summed E-state index contributed by atoms with van der Waals surface area (Å²) in [7, 11) is 1.56. The molecule has 12 heavy (non-hydrogen) atoms. The summed E-state index contributed by atoms with van der Waals surface area (Å²) in [5, 5.41) is 2.45. The smallest absolute Gasteiger partial charge is 0.245 e. The first-order valence-corrected chi connectivity index (χ1v) is 3.77. The van der Waals surface area contributed by atoms with Gasteiger partial charge in [0, 0.05) is 20.1 Å². The molecule has 0 unspecified atom stereocenters. The minimum Gasteiger partial charge on any atom is -0.365 e. The lowest BCUT2D eigenvalue weighted by molar-refractivity contribution is -0.138. The molecule has 1 fully saturated rings. The summed E-state index contributed by atoms with van der Waals surface area (Å²) in [5.41, 5.74) is 0. The molecule has 0 atom stereocenters. The van der Waals surface area contributed by atoms with E-state index in [1.807, 2.05) is 0 Å². The highest BCUT2D eigenvalue weighted by Crippen LogP contribution is 2.07. The van der Waals surface area contributed by atoms with Crippen LogP contribution in [0, 0.1) is 0 Å². The van der Waals surface area contributed by atoms with E-state index >= 15 is 0 Å². The number of ether oxygens (including phenoxy) is 1. The zero-order chi connectivity index (χ0) is 8.97. The second-order valence-electron chi connectivity index (χ2n) is 2.67. The van der Waals surface area contributed by atoms with Gasteiger partial charge in [0.2, 0.25) is 12.3 Å². The predicted octanol–water partition coefficient (Wildman–Crippen LogP) is -1.41. The zero-order valence-corrected chi connectivity index (χ0v) is 6.95. The summed E-state index contributed by atoms with van der Waals surface area (Å²) in [4.78, 5) is 22.4. The lowest BCUT2D eigenvalue weighted by Gasteiger charge is -2.35. The maximum Gasteiger partial charge on any atom is 0.245 e. The summed E-state index contributed by atoms with van der Waals surface area (Å²) in [5.74, 6) is -0.139. The first-order valence-electron chi connectivity index (χ1n) is 3.77. The Balaban J connectivity index is 2.03. The lowest BCUT2D eigenvalue weighted by atomic mass is 10.2. The van der Waals surface area contributed by atoms with Crippen molar-refractivity contribution in [3.63, 3.8) is 0 Å². The third-order valence-corrected chi connectivity index (χ3v) is 1.75. The number of rotatable bonds is 4. The average Bonchev–Trinajstić information content (AvgIpc) is 2.01. The molecule has 1 saturated heterocycles. The fourth-order valence-electron chi connectivity index (χ4n) is 0.927. The van der Waals surface area contributed by atoms with E-state index in [1.165, 1.54) is 0 Å². The van der Waals surface area contributed by atoms with E-state index < -0.39 is 0 Å². The Bertz CT molecular complexity index is 177. The van der Waals surface area contributed by atoms with Gasteiger partial charge in [0.15, 0.2) is 0 Å². The minimum absolute atomic E-state index is 0.0347. The number of hydrogen-bond acceptors (Lipinski definition) is 3. The van der Waals surface area contributed by atoms with Crippen molar-refractivity contribution in [2.45, 2.75) is 6.10 Å². The average molecular weight is 172 g/mol. The van der Waals surface area contributed by atoms with E-state index in [-0.39, 0.29) is 18.6 Å². The normalized spacial score (nSPS) is 16.9. The maximum absolute atomic E-state index is 10.7. The minimum atomic E-state index is -0.139. The molecule has 0 aromatic carbocycles. The van der Waals surface area contributed by atoms with Crippen LogP contribution in [-0.2, 0) is 14.3 Å². The van der Waals surface area contributed by atoms with Crippen molar-refractivity contribution < 1.29 is 14.3 Å². The molecule has 0 aliphatic carbocycles. The van der Waals surface area contributed by atoms with E-state index in [4.69, 9.17) is 4.74 Å². The van der Waals surface area contributed by atoms with Crippen molar-refractivity contribution in [2.75, 3.05) is 26.7 Å². The van der Waals surface area contributed by atoms with E-state index in [0.29, 0.717) is 13.1 Å². The van der Waals surface area contributed by atoms with E-state index in [1.54, 1.807) is 11.9 Å². The second kappa shape index (κ2) is 4.06. The van der Waals surface area contributed by atoms with Gasteiger partial charge in [-0.3, -0.25) is 9.59 Å². The largest absolute Gasteiger partial charge is 0.365 e. The van der Waals surface area contributed by atoms with Crippen molar-refractivity contribution in [1.29, 1.82) is 0 Å². The fourth-order valence-corrected chi connectivity index (χ4v) is 0.927. The molecule has 0 aromatic rings. The van der Waals surface area contributed by atoms with Gasteiger partial charge in [-0.15, -0.1) is 0 Å². The number of likely N-dealkylation sites (tertiary alicyclic amines) is 1. The van der Waals surface area contributed by atoms with Gasteiger partial charge in [0.1, 0.15) is 6.61 Å². The molecular formula is C7H12N2O3. The molecule has 0 radical (unpaired) electrons. The third-order valence-electron chi connectivity index (χ3n) is 1.75. The molecule has 0 saturated carbocycles. The molecule has 1 heterocycles. The Kier molecular flexibility index (Phi) is 3.04. The molecule has 1 N–H and O–H groups in total. The number of hydrogen-bond donors (Lipinski definition) is 1. The maximum atomic E-state index is 10.7. The highest BCUT2D eigenvalue weighted by atomic mass is 16.5. The van der Waals surface area contributed by atoms with Crippen LogP contribution < -0.4 is 5.32 Å². The summed E-state index contributed by atoms with van der Waals surface area (Å²) in [6.07, 6.45) is 0.812. The van der Waals surface area contributed by atoms with Gasteiger partial charge in [-0.25, -0.2) is 0 Å². The Hall–Kier alpha value is -1.10. The van der Waals surface area contributed by atoms with Crippen LogP contribution in [0.4, 0.5) is 0 Å². The van der Waals surface area contributed by atoms with Crippen LogP contribution in [0.15, 0.2) is 0 Å². The SMILES string of the molecule is CNC(=O)COC1CN(C=O)C1. The van der Waals surface area contributed by atoms with Crippen molar-refractivity contribution in [1.82, 2.24) is 10.2 Å². The van der Waals surface area contributed by atoms with Crippen LogP contribution in [-0.4, -0.2) is 50.1 Å². The monoisotopic (exact) mass is 172 g/mol. The van der Waals surface area contributed by atoms with Gasteiger partial charge in [-0.05, 0) is 0 Å². The number of amides is 2. The molecule has 1 aliphatic rings. The van der Waals surface area contributed by atoms with Gasteiger partial charge < -0.3 is 15.0 Å². The molecule has 0 bridgehead atoms. The number of nitrogens with one attached hydrogen (secondary N) is 1. The molecule has 0 spiro atoms. The molecule has 0 aromatic heterocycles. The van der Waals surface area contributed by atoms with Gasteiger partial charge in [-0.1, -0.05) is 0 Å². The highest BCUT2D eigenvalue weighted by molar-refractivity contribution is 5.76. The predicted molar refractivity (Wildman–Crippen MR) is 41.4 cm³/mol. The van der Waals surface area contributed by atoms with E-state index in [0.717, 1.165) is 6.41 Å². The molecule has 1 aliphatic heterocycles. The highest BCUT2D eigenvalue weighted by Gasteiger charge is 2.26. The first-order chi connectivity index (χ1) is 5.76. The lowest BCUT2D eigenvalue weighted by Crippen LogP contribution is -2.51. The van der Waals surface area contributed by atoms with Crippen molar-refractivity contribution in [3.05, 3.63) is 0 Å². The zero-order valence-electron chi connectivity index (χ0n) is 6.95. The van der Waals surface area contributed by atoms with Crippen LogP contribution >= 0.6 is 0 Å². The Morgan fingerprint density at radius 3 is 2.92 bits per heavy atom. The van der Waals surface area contributed by atoms with Gasteiger partial charge in [-0.2, -0.15) is 0 Å². The van der Waals surface area contributed by atoms with Gasteiger partial charge in [0.05, 0.1) is 6.10 Å². The van der Waals surface area contributed by atoms with Crippen molar-refractivity contribution >= 4 is 12.3 Å². The van der Waals surface area contributed by atoms with E-state index in [9.17, 15) is 9.59 Å². The van der Waals surface area contributed by atoms with E-state index in [2.05, 4.69) is 5.32 Å². The van der Waals surface area contributed by atoms with Gasteiger partial charge >= 0.3 is 0 Å². The molecule has 5 nitrogen and oxygen atoms in total. The molecule has 1 rings (SSSR count). The van der Waals surface area contributed by atoms with Crippen LogP contribution in [0.1, 0.15) is 0 Å². The Morgan fingerprint density at radius 1 is 1.75 bits per heavy atom. The van der Waals surface area contributed by atoms with Crippen LogP contribution in [0.2, 0.25) is 0 Å². The second-order valence-corrected chi connectivity index (χ2v) is 2.67. The first kappa shape index (κ1) is 8.99. The van der Waals surface area contributed by atoms with Crippen LogP contribution in [0.5, 0.6) is 0 Å². The Morgan fingerprint density at radius 2 is 2.42 bits per heavy atom. The van der Waals surface area contributed by atoms with Crippen LogP contribution in [0.3, 0.4) is 0 Å². The number of carbonyl (C=O) groups is 2. The quantitative estimate of drug-likeness (QED) is 0.530. The number of likely N-dealkylation sites (N-methyl/N-ethyl adjacent to an activating group) is 1. The fraction of sp³-hybridized carbons (Fsp3) is 0.714. The Labute approximate surface area is 70.7 Å². The summed E-state index contributed by atoms with van der Waals surface area (Å²) in [6.45, 7) is 1.27. The molecule has 5 heteroatoms. The molecular weight excluding hydrogens is 160 g/mol. The summed E-state index contributed by atoms with van der Waals surface area (Å²) in [6, 6.07) is 0. The topological polar surface area (TPSA) is 58.6 Å². The van der Waals surface area contributed by atoms with Crippen molar-refractivity contribution in [2.24, 2.45) is 0 Å². The van der Waals surface area contributed by atoms with Gasteiger partial charge in [0.25, 0.3) is 0 Å². The molecule has 2 amide bonds.